The Balaban J connectivity index is 2.14. The summed E-state index contributed by atoms with van der Waals surface area (Å²) in [5.41, 5.74) is 1.43. The van der Waals surface area contributed by atoms with Gasteiger partial charge in [-0.1, -0.05) is 18.2 Å². The van der Waals surface area contributed by atoms with Crippen LogP contribution in [0.4, 0.5) is 8.78 Å². The fourth-order valence-corrected chi connectivity index (χ4v) is 2.67. The molecule has 1 aromatic carbocycles. The van der Waals surface area contributed by atoms with Gasteiger partial charge in [-0.05, 0) is 19.0 Å². The number of piperidine rings is 1. The molecule has 0 aliphatic carbocycles. The van der Waals surface area contributed by atoms with Crippen LogP contribution in [-0.4, -0.2) is 28.8 Å². The largest absolute Gasteiger partial charge is 0.311 e. The van der Waals surface area contributed by atoms with Gasteiger partial charge in [0.25, 0.3) is 5.92 Å². The summed E-state index contributed by atoms with van der Waals surface area (Å²) in [4.78, 5) is 0. The van der Waals surface area contributed by atoms with Crippen molar-refractivity contribution in [2.45, 2.75) is 18.3 Å². The predicted octanol–water partition coefficient (Wildman–Crippen LogP) is 2.29. The van der Waals surface area contributed by atoms with E-state index in [0.29, 0.717) is 18.7 Å². The number of aromatic nitrogens is 2. The van der Waals surface area contributed by atoms with Crippen LogP contribution in [0.2, 0.25) is 0 Å². The Labute approximate surface area is 104 Å². The lowest BCUT2D eigenvalue weighted by atomic mass is 9.89. The minimum Gasteiger partial charge on any atom is -0.311 e. The molecule has 3 rings (SSSR count). The Morgan fingerprint density at radius 1 is 1.39 bits per heavy atom. The van der Waals surface area contributed by atoms with E-state index in [1.807, 2.05) is 24.3 Å². The van der Waals surface area contributed by atoms with Crippen molar-refractivity contribution in [3.63, 3.8) is 0 Å². The van der Waals surface area contributed by atoms with Gasteiger partial charge in [0.1, 0.15) is 0 Å². The molecule has 0 saturated carbocycles. The maximum Gasteiger partial charge on any atom is 0.268 e. The molecule has 1 saturated heterocycles. The van der Waals surface area contributed by atoms with Crippen LogP contribution >= 0.6 is 0 Å². The summed E-state index contributed by atoms with van der Waals surface area (Å²) in [6.07, 6.45) is 0.425. The third kappa shape index (κ3) is 1.70. The van der Waals surface area contributed by atoms with Crippen LogP contribution in [-0.2, 0) is 7.05 Å². The summed E-state index contributed by atoms with van der Waals surface area (Å²) >= 11 is 0. The molecule has 1 aromatic heterocycles. The van der Waals surface area contributed by atoms with E-state index in [1.54, 1.807) is 11.7 Å². The Morgan fingerprint density at radius 3 is 2.94 bits per heavy atom. The predicted molar refractivity (Wildman–Crippen MR) is 65.9 cm³/mol. The molecule has 1 N–H and O–H groups in total. The number of fused-ring (bicyclic) bond motifs is 1. The number of hydrogen-bond acceptors (Lipinski definition) is 2. The summed E-state index contributed by atoms with van der Waals surface area (Å²) in [6.45, 7) is 0.355. The van der Waals surface area contributed by atoms with Gasteiger partial charge in [-0.2, -0.15) is 5.10 Å². The molecule has 1 aliphatic heterocycles. The number of halogens is 2. The summed E-state index contributed by atoms with van der Waals surface area (Å²) in [5.74, 6) is -3.51. The highest BCUT2D eigenvalue weighted by molar-refractivity contribution is 5.82. The number of nitrogens with zero attached hydrogens (tertiary/aromatic N) is 2. The molecule has 0 spiro atoms. The summed E-state index contributed by atoms with van der Waals surface area (Å²) in [7, 11) is 1.80. The van der Waals surface area contributed by atoms with Crippen molar-refractivity contribution in [3.8, 4) is 0 Å². The molecule has 2 aromatic rings. The van der Waals surface area contributed by atoms with E-state index < -0.39 is 11.8 Å². The minimum atomic E-state index is -2.73. The van der Waals surface area contributed by atoms with Gasteiger partial charge in [-0.25, -0.2) is 8.78 Å². The molecule has 96 valence electrons. The van der Waals surface area contributed by atoms with E-state index >= 15 is 0 Å². The molecule has 1 atom stereocenters. The fourth-order valence-electron chi connectivity index (χ4n) is 2.67. The minimum absolute atomic E-state index is 0.261. The highest BCUT2D eigenvalue weighted by Crippen LogP contribution is 2.39. The molecule has 0 unspecified atom stereocenters. The molecule has 0 amide bonds. The third-order valence-electron chi connectivity index (χ3n) is 3.60. The zero-order valence-electron chi connectivity index (χ0n) is 10.2. The molecular weight excluding hydrogens is 236 g/mol. The molecule has 0 radical (unpaired) electrons. The molecule has 1 fully saturated rings. The Kier molecular flexibility index (Phi) is 2.59. The number of alkyl halides is 2. The molecule has 0 bridgehead atoms. The molecule has 18 heavy (non-hydrogen) atoms. The van der Waals surface area contributed by atoms with Crippen molar-refractivity contribution in [1.82, 2.24) is 15.1 Å². The molecular formula is C13H15F2N3. The number of benzene rings is 1. The zero-order valence-corrected chi connectivity index (χ0v) is 10.2. The van der Waals surface area contributed by atoms with Crippen LogP contribution in [0.5, 0.6) is 0 Å². The first-order chi connectivity index (χ1) is 8.59. The highest BCUT2D eigenvalue weighted by atomic mass is 19.3. The van der Waals surface area contributed by atoms with Crippen LogP contribution in [0.3, 0.4) is 0 Å². The van der Waals surface area contributed by atoms with Gasteiger partial charge in [-0.3, -0.25) is 4.68 Å². The molecule has 2 heterocycles. The smallest absolute Gasteiger partial charge is 0.268 e. The Bertz CT molecular complexity index is 577. The summed E-state index contributed by atoms with van der Waals surface area (Å²) in [5, 5.41) is 7.90. The van der Waals surface area contributed by atoms with Crippen LogP contribution in [0.1, 0.15) is 18.0 Å². The van der Waals surface area contributed by atoms with E-state index in [9.17, 15) is 8.78 Å². The van der Waals surface area contributed by atoms with Crippen molar-refractivity contribution in [2.24, 2.45) is 7.05 Å². The first kappa shape index (κ1) is 11.6. The fraction of sp³-hybridized carbons (Fsp3) is 0.462. The second-order valence-corrected chi connectivity index (χ2v) is 4.81. The maximum absolute atomic E-state index is 14.0. The van der Waals surface area contributed by atoms with Crippen molar-refractivity contribution in [2.75, 3.05) is 13.1 Å². The number of aryl methyl sites for hydroxylation is 1. The number of nitrogens with one attached hydrogen (secondary N) is 1. The van der Waals surface area contributed by atoms with E-state index in [0.717, 1.165) is 10.9 Å². The SMILES string of the molecule is Cn1nc([C@H]2CCNCC2(F)F)c2ccccc21. The van der Waals surface area contributed by atoms with E-state index in [1.165, 1.54) is 0 Å². The van der Waals surface area contributed by atoms with Crippen molar-refractivity contribution < 1.29 is 8.78 Å². The second-order valence-electron chi connectivity index (χ2n) is 4.81. The normalized spacial score (nSPS) is 23.4. The Hall–Kier alpha value is -1.49. The van der Waals surface area contributed by atoms with E-state index in [2.05, 4.69) is 10.4 Å². The summed E-state index contributed by atoms with van der Waals surface area (Å²) < 4.78 is 29.6. The number of rotatable bonds is 1. The number of para-hydroxylation sites is 1. The van der Waals surface area contributed by atoms with Crippen LogP contribution in [0.25, 0.3) is 10.9 Å². The van der Waals surface area contributed by atoms with E-state index in [-0.39, 0.29) is 6.54 Å². The van der Waals surface area contributed by atoms with Gasteiger partial charge < -0.3 is 5.32 Å². The lowest BCUT2D eigenvalue weighted by Crippen LogP contribution is -2.44. The third-order valence-corrected chi connectivity index (χ3v) is 3.60. The lowest BCUT2D eigenvalue weighted by Gasteiger charge is -2.30. The molecule has 1 aliphatic rings. The van der Waals surface area contributed by atoms with Gasteiger partial charge >= 0.3 is 0 Å². The van der Waals surface area contributed by atoms with Gasteiger partial charge in [0.15, 0.2) is 0 Å². The first-order valence-corrected chi connectivity index (χ1v) is 6.10. The zero-order chi connectivity index (χ0) is 12.8. The van der Waals surface area contributed by atoms with Gasteiger partial charge in [0.2, 0.25) is 0 Å². The Morgan fingerprint density at radius 2 is 2.17 bits per heavy atom. The monoisotopic (exact) mass is 251 g/mol. The summed E-state index contributed by atoms with van der Waals surface area (Å²) in [6, 6.07) is 7.54. The first-order valence-electron chi connectivity index (χ1n) is 6.10. The van der Waals surface area contributed by atoms with Crippen LogP contribution < -0.4 is 5.32 Å². The molecule has 3 nitrogen and oxygen atoms in total. The van der Waals surface area contributed by atoms with Crippen molar-refractivity contribution in [3.05, 3.63) is 30.0 Å². The van der Waals surface area contributed by atoms with Crippen LogP contribution in [0.15, 0.2) is 24.3 Å². The lowest BCUT2D eigenvalue weighted by molar-refractivity contribution is -0.0429. The van der Waals surface area contributed by atoms with Crippen molar-refractivity contribution >= 4 is 10.9 Å². The average molecular weight is 251 g/mol. The molecule has 5 heteroatoms. The topological polar surface area (TPSA) is 29.9 Å². The van der Waals surface area contributed by atoms with Crippen molar-refractivity contribution in [1.29, 1.82) is 0 Å². The number of hydrogen-bond donors (Lipinski definition) is 1. The van der Waals surface area contributed by atoms with Crippen LogP contribution in [0, 0.1) is 0 Å². The van der Waals surface area contributed by atoms with Gasteiger partial charge in [0.05, 0.1) is 23.7 Å². The van der Waals surface area contributed by atoms with Gasteiger partial charge in [-0.15, -0.1) is 0 Å². The van der Waals surface area contributed by atoms with E-state index in [4.69, 9.17) is 0 Å². The standard InChI is InChI=1S/C13H15F2N3/c1-18-11-5-3-2-4-9(11)12(17-18)10-6-7-16-8-13(10,14)15/h2-5,10,16H,6-8H2,1H3/t10-/m1/s1. The maximum atomic E-state index is 14.0. The van der Waals surface area contributed by atoms with Gasteiger partial charge in [0, 0.05) is 12.4 Å². The highest BCUT2D eigenvalue weighted by Gasteiger charge is 2.44. The second kappa shape index (κ2) is 4.02. The quantitative estimate of drug-likeness (QED) is 0.842. The average Bonchev–Trinajstić information content (AvgIpc) is 2.67.